The molecule has 0 spiro atoms. The summed E-state index contributed by atoms with van der Waals surface area (Å²) in [7, 11) is 0. The van der Waals surface area contributed by atoms with Crippen molar-refractivity contribution >= 4 is 5.91 Å². The second kappa shape index (κ2) is 6.20. The summed E-state index contributed by atoms with van der Waals surface area (Å²) < 4.78 is 11.1. The molecule has 3 N–H and O–H groups in total. The van der Waals surface area contributed by atoms with E-state index < -0.39 is 5.54 Å². The lowest BCUT2D eigenvalue weighted by Gasteiger charge is -2.32. The van der Waals surface area contributed by atoms with Crippen LogP contribution in [0.1, 0.15) is 39.5 Å². The fourth-order valence-electron chi connectivity index (χ4n) is 2.36. The Kier molecular flexibility index (Phi) is 4.81. The monoisotopic (exact) mass is 270 g/mol. The summed E-state index contributed by atoms with van der Waals surface area (Å²) in [6.07, 6.45) is 4.61. The van der Waals surface area contributed by atoms with Crippen molar-refractivity contribution < 1.29 is 14.3 Å². The van der Waals surface area contributed by atoms with Crippen LogP contribution in [0.15, 0.2) is 0 Å². The highest BCUT2D eigenvalue weighted by Crippen LogP contribution is 2.41. The largest absolute Gasteiger partial charge is 0.377 e. The lowest BCUT2D eigenvalue weighted by atomic mass is 9.93. The zero-order chi connectivity index (χ0) is 13.9. The predicted octanol–water partition coefficient (Wildman–Crippen LogP) is 0.814. The van der Waals surface area contributed by atoms with E-state index in [2.05, 4.69) is 5.32 Å². The molecule has 19 heavy (non-hydrogen) atoms. The molecule has 1 atom stereocenters. The minimum Gasteiger partial charge on any atom is -0.377 e. The fourth-order valence-corrected chi connectivity index (χ4v) is 2.36. The van der Waals surface area contributed by atoms with Crippen molar-refractivity contribution in [1.29, 1.82) is 0 Å². The Morgan fingerprint density at radius 1 is 1.32 bits per heavy atom. The van der Waals surface area contributed by atoms with Gasteiger partial charge in [-0.1, -0.05) is 0 Å². The van der Waals surface area contributed by atoms with Gasteiger partial charge >= 0.3 is 0 Å². The second-order valence-corrected chi connectivity index (χ2v) is 6.00. The van der Waals surface area contributed by atoms with Crippen LogP contribution >= 0.6 is 0 Å². The second-order valence-electron chi connectivity index (χ2n) is 6.00. The van der Waals surface area contributed by atoms with Crippen LogP contribution in [-0.2, 0) is 14.3 Å². The molecule has 2 aliphatic carbocycles. The number of nitrogens with one attached hydrogen (secondary N) is 1. The molecule has 1 amide bonds. The molecule has 5 nitrogen and oxygen atoms in total. The molecule has 2 aliphatic rings. The molecular formula is C14H26N2O3. The molecule has 1 unspecified atom stereocenters. The number of nitrogens with two attached hydrogens (primary N) is 1. The van der Waals surface area contributed by atoms with Crippen LogP contribution in [0.25, 0.3) is 0 Å². The summed E-state index contributed by atoms with van der Waals surface area (Å²) in [6, 6.07) is 0.448. The number of hydrogen-bond donors (Lipinski definition) is 2. The number of rotatable bonds is 10. The van der Waals surface area contributed by atoms with Gasteiger partial charge in [0.25, 0.3) is 0 Å². The third-order valence-corrected chi connectivity index (χ3v) is 3.76. The molecule has 5 heteroatoms. The quantitative estimate of drug-likeness (QED) is 0.576. The smallest absolute Gasteiger partial charge is 0.240 e. The van der Waals surface area contributed by atoms with E-state index in [4.69, 9.17) is 15.2 Å². The van der Waals surface area contributed by atoms with Crippen LogP contribution in [0.3, 0.4) is 0 Å². The van der Waals surface area contributed by atoms with E-state index in [9.17, 15) is 4.79 Å². The van der Waals surface area contributed by atoms with Gasteiger partial charge in [0.2, 0.25) is 5.91 Å². The Labute approximate surface area is 115 Å². The van der Waals surface area contributed by atoms with E-state index in [1.165, 1.54) is 0 Å². The number of ether oxygens (including phenoxy) is 2. The predicted molar refractivity (Wildman–Crippen MR) is 72.7 cm³/mol. The maximum Gasteiger partial charge on any atom is 0.240 e. The first-order chi connectivity index (χ1) is 9.04. The van der Waals surface area contributed by atoms with Gasteiger partial charge in [-0.15, -0.1) is 0 Å². The van der Waals surface area contributed by atoms with Crippen LogP contribution in [0.4, 0.5) is 0 Å². The first kappa shape index (κ1) is 14.8. The van der Waals surface area contributed by atoms with Crippen LogP contribution in [0, 0.1) is 5.92 Å². The fraction of sp³-hybridized carbons (Fsp3) is 0.929. The molecule has 2 rings (SSSR count). The number of carbonyl (C=O) groups is 1. The van der Waals surface area contributed by atoms with Crippen molar-refractivity contribution in [2.24, 2.45) is 11.7 Å². The molecule has 0 aliphatic heterocycles. The van der Waals surface area contributed by atoms with Gasteiger partial charge in [-0.3, -0.25) is 10.1 Å². The summed E-state index contributed by atoms with van der Waals surface area (Å²) in [5.74, 6) is 0.0725. The molecule has 0 aromatic rings. The summed E-state index contributed by atoms with van der Waals surface area (Å²) >= 11 is 0. The lowest BCUT2D eigenvalue weighted by Crippen LogP contribution is -2.61. The highest BCUT2D eigenvalue weighted by Gasteiger charge is 2.52. The topological polar surface area (TPSA) is 73.6 Å². The van der Waals surface area contributed by atoms with Crippen molar-refractivity contribution in [3.05, 3.63) is 0 Å². The summed E-state index contributed by atoms with van der Waals surface area (Å²) in [4.78, 5) is 11.9. The minimum atomic E-state index is -0.654. The first-order valence-corrected chi connectivity index (χ1v) is 7.31. The summed E-state index contributed by atoms with van der Waals surface area (Å²) in [6.45, 7) is 5.41. The maximum absolute atomic E-state index is 11.9. The van der Waals surface area contributed by atoms with Gasteiger partial charge in [0.1, 0.15) is 5.54 Å². The number of primary amides is 1. The Hall–Kier alpha value is -0.650. The Balaban J connectivity index is 1.80. The molecule has 0 saturated heterocycles. The lowest BCUT2D eigenvalue weighted by molar-refractivity contribution is -0.129. The van der Waals surface area contributed by atoms with Gasteiger partial charge in [0.15, 0.2) is 0 Å². The van der Waals surface area contributed by atoms with Gasteiger partial charge in [-0.25, -0.2) is 0 Å². The zero-order valence-electron chi connectivity index (χ0n) is 12.0. The van der Waals surface area contributed by atoms with Crippen molar-refractivity contribution in [3.8, 4) is 0 Å². The molecule has 0 aromatic carbocycles. The van der Waals surface area contributed by atoms with E-state index in [1.54, 1.807) is 0 Å². The zero-order valence-corrected chi connectivity index (χ0v) is 12.0. The van der Waals surface area contributed by atoms with Gasteiger partial charge in [-0.05, 0) is 45.4 Å². The van der Waals surface area contributed by atoms with Crippen LogP contribution in [0.2, 0.25) is 0 Å². The summed E-state index contributed by atoms with van der Waals surface area (Å²) in [5, 5.41) is 3.43. The van der Waals surface area contributed by atoms with Crippen molar-refractivity contribution in [2.45, 2.75) is 57.2 Å². The van der Waals surface area contributed by atoms with Crippen LogP contribution in [-0.4, -0.2) is 43.4 Å². The Morgan fingerprint density at radius 2 is 2.00 bits per heavy atom. The van der Waals surface area contributed by atoms with Crippen LogP contribution < -0.4 is 11.1 Å². The molecular weight excluding hydrogens is 244 g/mol. The molecule has 2 fully saturated rings. The third kappa shape index (κ3) is 4.16. The molecule has 0 aromatic heterocycles. The van der Waals surface area contributed by atoms with Gasteiger partial charge in [-0.2, -0.15) is 0 Å². The van der Waals surface area contributed by atoms with Crippen molar-refractivity contribution in [1.82, 2.24) is 5.32 Å². The van der Waals surface area contributed by atoms with E-state index in [0.29, 0.717) is 31.8 Å². The van der Waals surface area contributed by atoms with E-state index >= 15 is 0 Å². The molecule has 2 saturated carbocycles. The SMILES string of the molecule is CC(C)OCCOCC(NC1CC1)(C(N)=O)C1CC1. The Morgan fingerprint density at radius 3 is 2.47 bits per heavy atom. The Bertz CT molecular complexity index is 314. The molecule has 0 bridgehead atoms. The van der Waals surface area contributed by atoms with Gasteiger partial charge < -0.3 is 15.2 Å². The minimum absolute atomic E-state index is 0.206. The maximum atomic E-state index is 11.9. The first-order valence-electron chi connectivity index (χ1n) is 7.31. The van der Waals surface area contributed by atoms with Gasteiger partial charge in [0, 0.05) is 6.04 Å². The average molecular weight is 270 g/mol. The van der Waals surface area contributed by atoms with E-state index in [-0.39, 0.29) is 12.0 Å². The normalized spacial score (nSPS) is 22.5. The highest BCUT2D eigenvalue weighted by atomic mass is 16.5. The third-order valence-electron chi connectivity index (χ3n) is 3.76. The number of amides is 1. The molecule has 0 heterocycles. The van der Waals surface area contributed by atoms with Crippen LogP contribution in [0.5, 0.6) is 0 Å². The van der Waals surface area contributed by atoms with Crippen molar-refractivity contribution in [2.75, 3.05) is 19.8 Å². The standard InChI is InChI=1S/C14H26N2O3/c1-10(2)19-8-7-18-9-14(13(15)17,11-3-4-11)16-12-5-6-12/h10-12,16H,3-9H2,1-2H3,(H2,15,17). The number of hydrogen-bond acceptors (Lipinski definition) is 4. The van der Waals surface area contributed by atoms with Gasteiger partial charge in [0.05, 0.1) is 25.9 Å². The van der Waals surface area contributed by atoms with Crippen molar-refractivity contribution in [3.63, 3.8) is 0 Å². The number of carbonyl (C=O) groups excluding carboxylic acids is 1. The molecule has 110 valence electrons. The van der Waals surface area contributed by atoms with E-state index in [0.717, 1.165) is 25.7 Å². The summed E-state index contributed by atoms with van der Waals surface area (Å²) in [5.41, 5.74) is 4.99. The molecule has 0 radical (unpaired) electrons. The average Bonchev–Trinajstić information content (AvgIpc) is 3.19. The van der Waals surface area contributed by atoms with E-state index in [1.807, 2.05) is 13.8 Å². The highest BCUT2D eigenvalue weighted by molar-refractivity contribution is 5.86.